The maximum Gasteiger partial charge on any atom is 0.165 e. The van der Waals surface area contributed by atoms with Gasteiger partial charge in [0.15, 0.2) is 5.82 Å². The Hall–Kier alpha value is -1.96. The zero-order valence-corrected chi connectivity index (χ0v) is 22.2. The van der Waals surface area contributed by atoms with Crippen molar-refractivity contribution in [3.8, 4) is 0 Å². The van der Waals surface area contributed by atoms with E-state index < -0.39 is 0 Å². The number of hydrogen-bond donors (Lipinski definition) is 3. The second kappa shape index (κ2) is 18.6. The van der Waals surface area contributed by atoms with Crippen LogP contribution in [-0.2, 0) is 6.54 Å². The Morgan fingerprint density at radius 2 is 1.97 bits per heavy atom. The number of aromatic nitrogens is 2. The van der Waals surface area contributed by atoms with Gasteiger partial charge in [0.05, 0.1) is 16.4 Å². The summed E-state index contributed by atoms with van der Waals surface area (Å²) in [4.78, 5) is 4.83. The summed E-state index contributed by atoms with van der Waals surface area (Å²) in [5.41, 5.74) is 8.68. The first-order valence-corrected chi connectivity index (χ1v) is 12.1. The predicted molar refractivity (Wildman–Crippen MR) is 142 cm³/mol. The molecule has 0 atom stereocenters. The number of allylic oxidation sites excluding steroid dienone is 1. The van der Waals surface area contributed by atoms with Crippen molar-refractivity contribution in [3.05, 3.63) is 58.3 Å². The Kier molecular flexibility index (Phi) is 17.5. The molecular weight excluding hydrogens is 466 g/mol. The monoisotopic (exact) mass is 507 g/mol. The molecule has 180 valence electrons. The van der Waals surface area contributed by atoms with Gasteiger partial charge in [-0.2, -0.15) is 5.10 Å². The van der Waals surface area contributed by atoms with Crippen molar-refractivity contribution >= 4 is 27.5 Å². The Balaban J connectivity index is 0.00000104. The van der Waals surface area contributed by atoms with Crippen LogP contribution in [0.1, 0.15) is 57.6 Å². The van der Waals surface area contributed by atoms with E-state index in [1.165, 1.54) is 19.0 Å². The first kappa shape index (κ1) is 30.0. The summed E-state index contributed by atoms with van der Waals surface area (Å²) in [6.45, 7) is 10.6. The molecule has 6 nitrogen and oxygen atoms in total. The number of benzene rings is 1. The predicted octanol–water partition coefficient (Wildman–Crippen LogP) is 5.60. The molecule has 0 spiro atoms. The normalized spacial score (nSPS) is 11.2. The molecule has 0 radical (unpaired) electrons. The molecule has 0 aliphatic rings. The van der Waals surface area contributed by atoms with Crippen LogP contribution in [0.2, 0.25) is 0 Å². The van der Waals surface area contributed by atoms with Gasteiger partial charge in [0.2, 0.25) is 0 Å². The van der Waals surface area contributed by atoms with Crippen molar-refractivity contribution in [1.82, 2.24) is 15.1 Å². The Morgan fingerprint density at radius 3 is 2.50 bits per heavy atom. The molecule has 0 amide bonds. The van der Waals surface area contributed by atoms with E-state index in [0.29, 0.717) is 0 Å². The summed E-state index contributed by atoms with van der Waals surface area (Å²) in [7, 11) is 2.97. The summed E-state index contributed by atoms with van der Waals surface area (Å²) in [5, 5.41) is 14.6. The van der Waals surface area contributed by atoms with E-state index >= 15 is 0 Å². The van der Waals surface area contributed by atoms with Crippen LogP contribution in [0.25, 0.3) is 0 Å². The number of nitrogens with one attached hydrogen (secondary N) is 1. The number of nitrogens with zero attached hydrogens (tertiary/aromatic N) is 3. The summed E-state index contributed by atoms with van der Waals surface area (Å²) in [5.74, 6) is 1.71. The maximum atomic E-state index is 7.00. The molecule has 2 aromatic rings. The first-order valence-electron chi connectivity index (χ1n) is 11.3. The highest BCUT2D eigenvalue weighted by Gasteiger charge is 2.10. The minimum absolute atomic E-state index is 0.816. The Morgan fingerprint density at radius 1 is 1.28 bits per heavy atom. The van der Waals surface area contributed by atoms with Crippen molar-refractivity contribution in [2.24, 2.45) is 16.6 Å². The minimum atomic E-state index is 0.816. The topological polar surface area (TPSA) is 88.5 Å². The number of aliphatic hydroxyl groups excluding tert-OH is 1. The highest BCUT2D eigenvalue weighted by atomic mass is 79.9. The molecule has 0 saturated carbocycles. The maximum absolute atomic E-state index is 7.00. The third-order valence-electron chi connectivity index (χ3n) is 4.58. The molecule has 7 heteroatoms. The van der Waals surface area contributed by atoms with Crippen LogP contribution in [0.4, 0.5) is 5.82 Å². The van der Waals surface area contributed by atoms with Crippen molar-refractivity contribution in [2.75, 3.05) is 20.7 Å². The number of unbranched alkanes of at least 4 members (excludes halogenated alkanes) is 1. The summed E-state index contributed by atoms with van der Waals surface area (Å²) < 4.78 is 2.81. The molecule has 1 heterocycles. The molecule has 4 N–H and O–H groups in total. The Labute approximate surface area is 203 Å². The van der Waals surface area contributed by atoms with Crippen LogP contribution in [-0.4, -0.2) is 41.3 Å². The standard InChI is InChI=1S/C18H24BrN5.C6H14.CH4O/c1-14-7-3-4-8-15(14)17(9-10-20)23-18-16(19)13-22-24(18)12-6-5-11-21-2;1-4-5-6(2)3;1-2/h3-4,7-10,13,21H,5-6,11-12,20H2,1-2H3;6H,4-5H2,1-3H3;2H,1H3/b10-9+,23-17+;;. The van der Waals surface area contributed by atoms with Crippen LogP contribution in [0.15, 0.2) is 52.2 Å². The van der Waals surface area contributed by atoms with Crippen LogP contribution < -0.4 is 11.1 Å². The fourth-order valence-electron chi connectivity index (χ4n) is 3.02. The van der Waals surface area contributed by atoms with Crippen LogP contribution >= 0.6 is 15.9 Å². The average molecular weight is 509 g/mol. The number of aryl methyl sites for hydroxylation is 2. The van der Waals surface area contributed by atoms with Gasteiger partial charge in [0, 0.05) is 19.2 Å². The summed E-state index contributed by atoms with van der Waals surface area (Å²) in [6, 6.07) is 8.14. The zero-order chi connectivity index (χ0) is 24.4. The van der Waals surface area contributed by atoms with Gasteiger partial charge in [0.1, 0.15) is 0 Å². The van der Waals surface area contributed by atoms with Crippen LogP contribution in [0.3, 0.4) is 0 Å². The minimum Gasteiger partial charge on any atom is -0.405 e. The van der Waals surface area contributed by atoms with E-state index in [9.17, 15) is 0 Å². The number of aliphatic hydroxyl groups is 1. The van der Waals surface area contributed by atoms with Crippen molar-refractivity contribution in [3.63, 3.8) is 0 Å². The van der Waals surface area contributed by atoms with Gasteiger partial charge in [-0.25, -0.2) is 9.67 Å². The van der Waals surface area contributed by atoms with Crippen LogP contribution in [0.5, 0.6) is 0 Å². The first-order chi connectivity index (χ1) is 15.4. The van der Waals surface area contributed by atoms with Crippen molar-refractivity contribution in [1.29, 1.82) is 0 Å². The summed E-state index contributed by atoms with van der Waals surface area (Å²) in [6.07, 6.45) is 9.99. The van der Waals surface area contributed by atoms with Gasteiger partial charge in [0.25, 0.3) is 0 Å². The quantitative estimate of drug-likeness (QED) is 0.288. The molecule has 0 aliphatic heterocycles. The highest BCUT2D eigenvalue weighted by Crippen LogP contribution is 2.27. The molecule has 2 rings (SSSR count). The molecule has 1 aromatic carbocycles. The average Bonchev–Trinajstić information content (AvgIpc) is 3.12. The lowest BCUT2D eigenvalue weighted by molar-refractivity contribution is 0.399. The summed E-state index contributed by atoms with van der Waals surface area (Å²) >= 11 is 3.55. The van der Waals surface area contributed by atoms with Crippen molar-refractivity contribution < 1.29 is 5.11 Å². The fraction of sp³-hybridized carbons (Fsp3) is 0.520. The van der Waals surface area contributed by atoms with Gasteiger partial charge in [-0.1, -0.05) is 57.9 Å². The molecule has 0 saturated heterocycles. The van der Waals surface area contributed by atoms with E-state index in [1.54, 1.807) is 6.20 Å². The molecule has 0 aliphatic carbocycles. The molecule has 1 aromatic heterocycles. The molecule has 0 fully saturated rings. The number of rotatable bonds is 10. The third kappa shape index (κ3) is 11.6. The smallest absolute Gasteiger partial charge is 0.165 e. The van der Waals surface area contributed by atoms with E-state index in [-0.39, 0.29) is 0 Å². The lowest BCUT2D eigenvalue weighted by Crippen LogP contribution is -2.09. The molecular formula is C25H42BrN5O. The van der Waals surface area contributed by atoms with E-state index in [0.717, 1.165) is 66.1 Å². The SMILES string of the molecule is CCCC(C)C.CNCCCCn1ncc(Br)c1/N=C(\C=C\N)c1ccccc1C.CO. The number of halogens is 1. The van der Waals surface area contributed by atoms with Gasteiger partial charge in [-0.05, 0) is 73.0 Å². The highest BCUT2D eigenvalue weighted by molar-refractivity contribution is 9.10. The molecule has 0 unspecified atom stereocenters. The lowest BCUT2D eigenvalue weighted by Gasteiger charge is -2.08. The Bertz CT molecular complexity index is 799. The van der Waals surface area contributed by atoms with Crippen molar-refractivity contribution in [2.45, 2.75) is 59.9 Å². The van der Waals surface area contributed by atoms with Gasteiger partial charge in [-0.3, -0.25) is 0 Å². The second-order valence-corrected chi connectivity index (χ2v) is 8.56. The number of aliphatic imine (C=N–C) groups is 1. The third-order valence-corrected chi connectivity index (χ3v) is 5.14. The molecule has 32 heavy (non-hydrogen) atoms. The lowest BCUT2D eigenvalue weighted by atomic mass is 10.0. The number of nitrogens with two attached hydrogens (primary N) is 1. The zero-order valence-electron chi connectivity index (χ0n) is 20.6. The fourth-order valence-corrected chi connectivity index (χ4v) is 3.41. The second-order valence-electron chi connectivity index (χ2n) is 7.70. The van der Waals surface area contributed by atoms with E-state index in [1.807, 2.05) is 29.9 Å². The van der Waals surface area contributed by atoms with Gasteiger partial charge >= 0.3 is 0 Å². The van der Waals surface area contributed by atoms with Gasteiger partial charge in [-0.15, -0.1) is 0 Å². The van der Waals surface area contributed by atoms with E-state index in [4.69, 9.17) is 15.8 Å². The largest absolute Gasteiger partial charge is 0.405 e. The van der Waals surface area contributed by atoms with E-state index in [2.05, 4.69) is 66.2 Å². The van der Waals surface area contributed by atoms with Gasteiger partial charge < -0.3 is 16.2 Å². The number of hydrogen-bond acceptors (Lipinski definition) is 5. The van der Waals surface area contributed by atoms with Crippen LogP contribution in [0, 0.1) is 12.8 Å². The molecule has 0 bridgehead atoms.